The van der Waals surface area contributed by atoms with Crippen LogP contribution in [-0.2, 0) is 16.1 Å². The molecule has 2 aromatic carbocycles. The van der Waals surface area contributed by atoms with Gasteiger partial charge in [0.1, 0.15) is 6.54 Å². The first-order valence-electron chi connectivity index (χ1n) is 7.86. The summed E-state index contributed by atoms with van der Waals surface area (Å²) in [4.78, 5) is 23.3. The first kappa shape index (κ1) is 16.4. The van der Waals surface area contributed by atoms with E-state index in [0.717, 1.165) is 22.2 Å². The van der Waals surface area contributed by atoms with Gasteiger partial charge in [0.2, 0.25) is 11.8 Å². The molecule has 0 saturated heterocycles. The van der Waals surface area contributed by atoms with Gasteiger partial charge in [-0.05, 0) is 18.2 Å². The van der Waals surface area contributed by atoms with Gasteiger partial charge >= 0.3 is 0 Å². The molecule has 6 nitrogen and oxygen atoms in total. The van der Waals surface area contributed by atoms with Gasteiger partial charge in [0.05, 0.1) is 6.21 Å². The number of fused-ring (bicyclic) bond motifs is 1. The molecule has 1 heterocycles. The molecule has 0 radical (unpaired) electrons. The highest BCUT2D eigenvalue weighted by molar-refractivity contribution is 6.00. The van der Waals surface area contributed by atoms with Crippen LogP contribution < -0.4 is 10.7 Å². The zero-order valence-corrected chi connectivity index (χ0v) is 13.8. The largest absolute Gasteiger partial charge is 0.337 e. The maximum Gasteiger partial charge on any atom is 0.244 e. The number of rotatable bonds is 5. The minimum Gasteiger partial charge on any atom is -0.337 e. The predicted octanol–water partition coefficient (Wildman–Crippen LogP) is 2.75. The Morgan fingerprint density at radius 1 is 1.08 bits per heavy atom. The summed E-state index contributed by atoms with van der Waals surface area (Å²) in [7, 11) is 0. The Kier molecular flexibility index (Phi) is 4.89. The highest BCUT2D eigenvalue weighted by Crippen LogP contribution is 2.20. The Morgan fingerprint density at radius 3 is 2.56 bits per heavy atom. The van der Waals surface area contributed by atoms with Crippen molar-refractivity contribution in [2.75, 3.05) is 5.32 Å². The van der Waals surface area contributed by atoms with E-state index in [9.17, 15) is 9.59 Å². The fourth-order valence-electron chi connectivity index (χ4n) is 2.58. The van der Waals surface area contributed by atoms with Crippen LogP contribution in [-0.4, -0.2) is 22.6 Å². The van der Waals surface area contributed by atoms with Gasteiger partial charge in [-0.3, -0.25) is 9.59 Å². The molecular weight excluding hydrogens is 316 g/mol. The third kappa shape index (κ3) is 4.11. The number of para-hydroxylation sites is 2. The Labute approximate surface area is 145 Å². The molecule has 0 bridgehead atoms. The van der Waals surface area contributed by atoms with Crippen LogP contribution in [0, 0.1) is 0 Å². The van der Waals surface area contributed by atoms with E-state index in [1.165, 1.54) is 6.92 Å². The van der Waals surface area contributed by atoms with E-state index in [2.05, 4.69) is 15.8 Å². The lowest BCUT2D eigenvalue weighted by molar-refractivity contribution is -0.119. The van der Waals surface area contributed by atoms with Crippen LogP contribution >= 0.6 is 0 Å². The molecule has 0 saturated carbocycles. The minimum absolute atomic E-state index is 0.114. The van der Waals surface area contributed by atoms with Crippen LogP contribution in [0.25, 0.3) is 10.9 Å². The molecule has 6 heteroatoms. The molecule has 2 N–H and O–H groups in total. The van der Waals surface area contributed by atoms with Gasteiger partial charge in [0.15, 0.2) is 0 Å². The van der Waals surface area contributed by atoms with Crippen molar-refractivity contribution in [2.24, 2.45) is 5.10 Å². The van der Waals surface area contributed by atoms with Gasteiger partial charge in [-0.2, -0.15) is 5.10 Å². The second-order valence-electron chi connectivity index (χ2n) is 5.57. The molecule has 2 amide bonds. The van der Waals surface area contributed by atoms with E-state index >= 15 is 0 Å². The summed E-state index contributed by atoms with van der Waals surface area (Å²) in [5, 5.41) is 7.75. The molecule has 3 rings (SSSR count). The van der Waals surface area contributed by atoms with Crippen molar-refractivity contribution in [3.63, 3.8) is 0 Å². The molecule has 0 aliphatic heterocycles. The van der Waals surface area contributed by atoms with Crippen molar-refractivity contribution in [1.82, 2.24) is 9.99 Å². The second-order valence-corrected chi connectivity index (χ2v) is 5.57. The number of hydrogen-bond acceptors (Lipinski definition) is 3. The van der Waals surface area contributed by atoms with Crippen molar-refractivity contribution in [3.05, 3.63) is 66.4 Å². The zero-order chi connectivity index (χ0) is 17.6. The van der Waals surface area contributed by atoms with Gasteiger partial charge in [-0.15, -0.1) is 0 Å². The zero-order valence-electron chi connectivity index (χ0n) is 13.8. The number of aromatic nitrogens is 1. The molecule has 126 valence electrons. The minimum atomic E-state index is -0.234. The summed E-state index contributed by atoms with van der Waals surface area (Å²) in [6.07, 6.45) is 3.43. The molecule has 0 spiro atoms. The molecule has 25 heavy (non-hydrogen) atoms. The van der Waals surface area contributed by atoms with Crippen LogP contribution in [0.2, 0.25) is 0 Å². The normalized spacial score (nSPS) is 10.9. The lowest BCUT2D eigenvalue weighted by Crippen LogP contribution is -2.18. The summed E-state index contributed by atoms with van der Waals surface area (Å²) in [6.45, 7) is 1.58. The number of benzene rings is 2. The van der Waals surface area contributed by atoms with E-state index < -0.39 is 0 Å². The van der Waals surface area contributed by atoms with Crippen LogP contribution in [0.15, 0.2) is 65.9 Å². The summed E-state index contributed by atoms with van der Waals surface area (Å²) >= 11 is 0. The lowest BCUT2D eigenvalue weighted by Gasteiger charge is -2.07. The molecule has 3 aromatic rings. The number of hydrazone groups is 1. The number of nitrogens with one attached hydrogen (secondary N) is 2. The van der Waals surface area contributed by atoms with Gasteiger partial charge in [-0.25, -0.2) is 5.43 Å². The van der Waals surface area contributed by atoms with E-state index in [-0.39, 0.29) is 18.4 Å². The number of carbonyl (C=O) groups is 2. The first-order valence-corrected chi connectivity index (χ1v) is 7.86. The average molecular weight is 334 g/mol. The maximum absolute atomic E-state index is 12.3. The fraction of sp³-hybridized carbons (Fsp3) is 0.105. The van der Waals surface area contributed by atoms with E-state index in [1.54, 1.807) is 6.21 Å². The average Bonchev–Trinajstić information content (AvgIpc) is 2.93. The van der Waals surface area contributed by atoms with Gasteiger partial charge in [0, 0.05) is 35.3 Å². The number of nitrogens with zero attached hydrogens (tertiary/aromatic N) is 2. The molecule has 0 atom stereocenters. The number of amides is 2. The number of carbonyl (C=O) groups excluding carboxylic acids is 2. The lowest BCUT2D eigenvalue weighted by atomic mass is 10.2. The SMILES string of the molecule is CC(=O)N/N=C\c1cn(CC(=O)Nc2ccccc2)c2ccccc12. The highest BCUT2D eigenvalue weighted by atomic mass is 16.2. The summed E-state index contributed by atoms with van der Waals surface area (Å²) < 4.78 is 1.86. The van der Waals surface area contributed by atoms with Gasteiger partial charge in [0.25, 0.3) is 0 Å². The van der Waals surface area contributed by atoms with Crippen molar-refractivity contribution >= 4 is 34.6 Å². The van der Waals surface area contributed by atoms with Crippen LogP contribution in [0.1, 0.15) is 12.5 Å². The highest BCUT2D eigenvalue weighted by Gasteiger charge is 2.10. The van der Waals surface area contributed by atoms with Gasteiger partial charge in [-0.1, -0.05) is 36.4 Å². The fourth-order valence-corrected chi connectivity index (χ4v) is 2.58. The molecule has 0 aliphatic rings. The van der Waals surface area contributed by atoms with Gasteiger partial charge < -0.3 is 9.88 Å². The Hall–Kier alpha value is -3.41. The maximum atomic E-state index is 12.3. The van der Waals surface area contributed by atoms with Crippen molar-refractivity contribution in [3.8, 4) is 0 Å². The molecule has 0 aliphatic carbocycles. The molecule has 0 unspecified atom stereocenters. The van der Waals surface area contributed by atoms with E-state index in [0.29, 0.717) is 0 Å². The van der Waals surface area contributed by atoms with Crippen LogP contribution in [0.5, 0.6) is 0 Å². The quantitative estimate of drug-likeness (QED) is 0.556. The van der Waals surface area contributed by atoms with Crippen LogP contribution in [0.3, 0.4) is 0 Å². The molecule has 0 fully saturated rings. The number of hydrogen-bond donors (Lipinski definition) is 2. The monoisotopic (exact) mass is 334 g/mol. The van der Waals surface area contributed by atoms with Crippen LogP contribution in [0.4, 0.5) is 5.69 Å². The first-order chi connectivity index (χ1) is 12.1. The Morgan fingerprint density at radius 2 is 1.80 bits per heavy atom. The summed E-state index contributed by atoms with van der Waals surface area (Å²) in [5.74, 6) is -0.348. The second kappa shape index (κ2) is 7.44. The van der Waals surface area contributed by atoms with Crippen molar-refractivity contribution < 1.29 is 9.59 Å². The summed E-state index contributed by atoms with van der Waals surface area (Å²) in [6, 6.07) is 17.1. The topological polar surface area (TPSA) is 75.5 Å². The Balaban J connectivity index is 1.82. The van der Waals surface area contributed by atoms with Crippen molar-refractivity contribution in [2.45, 2.75) is 13.5 Å². The third-order valence-corrected chi connectivity index (χ3v) is 3.62. The smallest absolute Gasteiger partial charge is 0.244 e. The third-order valence-electron chi connectivity index (χ3n) is 3.62. The molecule has 1 aromatic heterocycles. The van der Waals surface area contributed by atoms with E-state index in [4.69, 9.17) is 0 Å². The number of anilines is 1. The van der Waals surface area contributed by atoms with E-state index in [1.807, 2.05) is 65.4 Å². The predicted molar refractivity (Wildman–Crippen MR) is 98.4 cm³/mol. The molecular formula is C19H18N4O2. The Bertz CT molecular complexity index is 929. The van der Waals surface area contributed by atoms with Crippen molar-refractivity contribution in [1.29, 1.82) is 0 Å². The standard InChI is InChI=1S/C19H18N4O2/c1-14(24)22-20-11-15-12-23(18-10-6-5-9-17(15)18)13-19(25)21-16-7-3-2-4-8-16/h2-12H,13H2,1H3,(H,21,25)(H,22,24)/b20-11-. The summed E-state index contributed by atoms with van der Waals surface area (Å²) in [5.41, 5.74) is 4.90.